The van der Waals surface area contributed by atoms with Gasteiger partial charge in [0.2, 0.25) is 5.91 Å². The van der Waals surface area contributed by atoms with Crippen LogP contribution in [0.2, 0.25) is 0 Å². The third kappa shape index (κ3) is 3.81. The normalized spacial score (nSPS) is 13.6. The van der Waals surface area contributed by atoms with Crippen LogP contribution in [-0.4, -0.2) is 34.6 Å². The SMILES string of the molecule is O=C([O-])c1ccccc1NC(=O)[C@H](Cc1ccccc1)N1C(=O)c2ccccc2C1=O. The van der Waals surface area contributed by atoms with Crippen LogP contribution in [-0.2, 0) is 11.2 Å². The molecule has 0 bridgehead atoms. The van der Waals surface area contributed by atoms with Crippen LogP contribution in [0.3, 0.4) is 0 Å². The maximum absolute atomic E-state index is 13.3. The summed E-state index contributed by atoms with van der Waals surface area (Å²) in [6, 6.07) is 20.0. The van der Waals surface area contributed by atoms with E-state index in [1.807, 2.05) is 6.07 Å². The molecule has 1 atom stereocenters. The van der Waals surface area contributed by atoms with Crippen molar-refractivity contribution in [3.05, 3.63) is 101 Å². The van der Waals surface area contributed by atoms with Gasteiger partial charge in [-0.1, -0.05) is 60.7 Å². The zero-order valence-electron chi connectivity index (χ0n) is 16.3. The Kier molecular flexibility index (Phi) is 5.32. The molecule has 0 radical (unpaired) electrons. The summed E-state index contributed by atoms with van der Waals surface area (Å²) in [5.74, 6) is -3.25. The van der Waals surface area contributed by atoms with Crippen molar-refractivity contribution in [1.29, 1.82) is 0 Å². The summed E-state index contributed by atoms with van der Waals surface area (Å²) in [6.07, 6.45) is 0.0750. The highest BCUT2D eigenvalue weighted by molar-refractivity contribution is 6.23. The minimum atomic E-state index is -1.45. The van der Waals surface area contributed by atoms with Crippen molar-refractivity contribution in [1.82, 2.24) is 4.90 Å². The van der Waals surface area contributed by atoms with Gasteiger partial charge in [-0.25, -0.2) is 0 Å². The van der Waals surface area contributed by atoms with Crippen molar-refractivity contribution in [2.45, 2.75) is 12.5 Å². The number of hydrogen-bond donors (Lipinski definition) is 1. The average molecular weight is 413 g/mol. The number of carboxylic acids is 1. The molecule has 154 valence electrons. The number of carboxylic acid groups (broad SMARTS) is 1. The summed E-state index contributed by atoms with van der Waals surface area (Å²) in [5.41, 5.74) is 1.04. The summed E-state index contributed by atoms with van der Waals surface area (Å²) in [7, 11) is 0. The van der Waals surface area contributed by atoms with E-state index >= 15 is 0 Å². The lowest BCUT2D eigenvalue weighted by Gasteiger charge is -2.26. The van der Waals surface area contributed by atoms with E-state index in [2.05, 4.69) is 5.32 Å². The van der Waals surface area contributed by atoms with E-state index in [4.69, 9.17) is 0 Å². The highest BCUT2D eigenvalue weighted by atomic mass is 16.4. The Morgan fingerprint density at radius 1 is 0.806 bits per heavy atom. The van der Waals surface area contributed by atoms with Gasteiger partial charge in [0.25, 0.3) is 11.8 Å². The molecular weight excluding hydrogens is 396 g/mol. The van der Waals surface area contributed by atoms with Gasteiger partial charge in [0, 0.05) is 17.7 Å². The van der Waals surface area contributed by atoms with E-state index in [1.165, 1.54) is 18.2 Å². The van der Waals surface area contributed by atoms with Gasteiger partial charge in [0.15, 0.2) is 0 Å². The third-order valence-corrected chi connectivity index (χ3v) is 5.12. The summed E-state index contributed by atoms with van der Waals surface area (Å²) in [6.45, 7) is 0. The van der Waals surface area contributed by atoms with Crippen molar-refractivity contribution in [2.75, 3.05) is 5.32 Å². The highest BCUT2D eigenvalue weighted by Crippen LogP contribution is 2.27. The predicted molar refractivity (Wildman–Crippen MR) is 110 cm³/mol. The van der Waals surface area contributed by atoms with Gasteiger partial charge in [0.05, 0.1) is 17.1 Å². The molecule has 1 heterocycles. The first-order chi connectivity index (χ1) is 15.0. The Bertz CT molecular complexity index is 1150. The van der Waals surface area contributed by atoms with Crippen molar-refractivity contribution >= 4 is 29.4 Å². The molecule has 0 fully saturated rings. The van der Waals surface area contributed by atoms with Crippen LogP contribution in [0.5, 0.6) is 0 Å². The number of benzene rings is 3. The van der Waals surface area contributed by atoms with E-state index in [0.717, 1.165) is 10.5 Å². The smallest absolute Gasteiger partial charge is 0.262 e. The average Bonchev–Trinajstić information content (AvgIpc) is 3.03. The molecule has 0 saturated carbocycles. The lowest BCUT2D eigenvalue weighted by atomic mass is 10.0. The van der Waals surface area contributed by atoms with Crippen LogP contribution < -0.4 is 10.4 Å². The van der Waals surface area contributed by atoms with Gasteiger partial charge < -0.3 is 15.2 Å². The number of para-hydroxylation sites is 1. The molecule has 4 rings (SSSR count). The van der Waals surface area contributed by atoms with Gasteiger partial charge >= 0.3 is 0 Å². The van der Waals surface area contributed by atoms with Gasteiger partial charge in [0.1, 0.15) is 6.04 Å². The highest BCUT2D eigenvalue weighted by Gasteiger charge is 2.42. The molecule has 1 aliphatic heterocycles. The van der Waals surface area contributed by atoms with Crippen LogP contribution in [0.1, 0.15) is 36.6 Å². The Morgan fingerprint density at radius 2 is 1.35 bits per heavy atom. The molecule has 1 aliphatic rings. The largest absolute Gasteiger partial charge is 0.545 e. The molecule has 3 aromatic carbocycles. The lowest BCUT2D eigenvalue weighted by Crippen LogP contribution is -2.48. The van der Waals surface area contributed by atoms with Crippen molar-refractivity contribution in [2.24, 2.45) is 0 Å². The summed E-state index contributed by atoms with van der Waals surface area (Å²) < 4.78 is 0. The second-order valence-corrected chi connectivity index (χ2v) is 7.05. The molecule has 0 aliphatic carbocycles. The molecule has 0 unspecified atom stereocenters. The first-order valence-electron chi connectivity index (χ1n) is 9.59. The van der Waals surface area contributed by atoms with Crippen LogP contribution >= 0.6 is 0 Å². The second kappa shape index (κ2) is 8.23. The Hall–Kier alpha value is -4.26. The van der Waals surface area contributed by atoms with E-state index in [1.54, 1.807) is 54.6 Å². The molecule has 3 amide bonds. The molecule has 0 aromatic heterocycles. The standard InChI is InChI=1S/C24H18N2O5/c27-21(25-19-13-7-6-12-18(19)24(30)31)20(14-15-8-2-1-3-9-15)26-22(28)16-10-4-5-11-17(16)23(26)29/h1-13,20H,14H2,(H,25,27)(H,30,31)/p-1/t20-/m0/s1. The number of hydrogen-bond acceptors (Lipinski definition) is 5. The first kappa shape index (κ1) is 20.0. The van der Waals surface area contributed by atoms with E-state index in [9.17, 15) is 24.3 Å². The van der Waals surface area contributed by atoms with Gasteiger partial charge in [-0.3, -0.25) is 19.3 Å². The van der Waals surface area contributed by atoms with Crippen molar-refractivity contribution in [3.8, 4) is 0 Å². The first-order valence-corrected chi connectivity index (χ1v) is 9.59. The van der Waals surface area contributed by atoms with Gasteiger partial charge in [-0.05, 0) is 23.8 Å². The maximum Gasteiger partial charge on any atom is 0.262 e. The molecule has 0 saturated heterocycles. The predicted octanol–water partition coefficient (Wildman–Crippen LogP) is 1.90. The minimum Gasteiger partial charge on any atom is -0.545 e. The number of amides is 3. The zero-order valence-corrected chi connectivity index (χ0v) is 16.3. The van der Waals surface area contributed by atoms with Crippen LogP contribution in [0.25, 0.3) is 0 Å². The van der Waals surface area contributed by atoms with E-state index in [-0.39, 0.29) is 28.8 Å². The van der Waals surface area contributed by atoms with Crippen LogP contribution in [0.4, 0.5) is 5.69 Å². The minimum absolute atomic E-state index is 0.0298. The fourth-order valence-corrected chi connectivity index (χ4v) is 3.62. The fraction of sp³-hybridized carbons (Fsp3) is 0.0833. The summed E-state index contributed by atoms with van der Waals surface area (Å²) in [4.78, 5) is 51.6. The summed E-state index contributed by atoms with van der Waals surface area (Å²) >= 11 is 0. The number of aromatic carboxylic acids is 1. The number of carbonyl (C=O) groups is 4. The fourth-order valence-electron chi connectivity index (χ4n) is 3.62. The number of nitrogens with one attached hydrogen (secondary N) is 1. The van der Waals surface area contributed by atoms with Crippen molar-refractivity contribution < 1.29 is 24.3 Å². The van der Waals surface area contributed by atoms with Gasteiger partial charge in [-0.15, -0.1) is 0 Å². The number of fused-ring (bicyclic) bond motifs is 1. The molecule has 31 heavy (non-hydrogen) atoms. The van der Waals surface area contributed by atoms with Crippen LogP contribution in [0.15, 0.2) is 78.9 Å². The molecular formula is C24H17N2O5-. The zero-order chi connectivity index (χ0) is 22.0. The number of imide groups is 1. The maximum atomic E-state index is 13.3. The summed E-state index contributed by atoms with van der Waals surface area (Å²) in [5, 5.41) is 13.9. The van der Waals surface area contributed by atoms with Gasteiger partial charge in [-0.2, -0.15) is 0 Å². The number of nitrogens with zero attached hydrogens (tertiary/aromatic N) is 1. The molecule has 3 aromatic rings. The molecule has 1 N–H and O–H groups in total. The topological polar surface area (TPSA) is 107 Å². The Morgan fingerprint density at radius 3 is 1.97 bits per heavy atom. The van der Waals surface area contributed by atoms with E-state index < -0.39 is 29.7 Å². The van der Waals surface area contributed by atoms with E-state index in [0.29, 0.717) is 0 Å². The lowest BCUT2D eigenvalue weighted by molar-refractivity contribution is -0.254. The number of carbonyl (C=O) groups excluding carboxylic acids is 4. The number of rotatable bonds is 6. The third-order valence-electron chi connectivity index (χ3n) is 5.12. The van der Waals surface area contributed by atoms with Crippen LogP contribution in [0, 0.1) is 0 Å². The Balaban J connectivity index is 1.71. The Labute approximate surface area is 177 Å². The molecule has 0 spiro atoms. The second-order valence-electron chi connectivity index (χ2n) is 7.05. The number of anilines is 1. The monoisotopic (exact) mass is 413 g/mol. The molecule has 7 nitrogen and oxygen atoms in total. The molecule has 7 heteroatoms. The quantitative estimate of drug-likeness (QED) is 0.621. The van der Waals surface area contributed by atoms with Crippen molar-refractivity contribution in [3.63, 3.8) is 0 Å².